The molecule has 1 unspecified atom stereocenters. The van der Waals surface area contributed by atoms with Crippen LogP contribution in [0.5, 0.6) is 0 Å². The molecule has 1 aliphatic heterocycles. The van der Waals surface area contributed by atoms with Crippen LogP contribution in [-0.4, -0.2) is 43.3 Å². The predicted octanol–water partition coefficient (Wildman–Crippen LogP) is 2.56. The highest BCUT2D eigenvalue weighted by atomic mass is 16.5. The van der Waals surface area contributed by atoms with E-state index in [1.54, 1.807) is 10.9 Å². The molecule has 0 N–H and O–H groups in total. The average molecular weight is 351 g/mol. The Balaban J connectivity index is 1.35. The maximum atomic E-state index is 12.5. The Labute approximate surface area is 151 Å². The fourth-order valence-electron chi connectivity index (χ4n) is 3.44. The molecule has 1 atom stereocenters. The van der Waals surface area contributed by atoms with Gasteiger partial charge >= 0.3 is 0 Å². The summed E-state index contributed by atoms with van der Waals surface area (Å²) < 4.78 is 7.03. The first-order chi connectivity index (χ1) is 12.8. The van der Waals surface area contributed by atoms with E-state index in [-0.39, 0.29) is 11.9 Å². The zero-order chi connectivity index (χ0) is 17.8. The Morgan fingerprint density at radius 2 is 2.12 bits per heavy atom. The van der Waals surface area contributed by atoms with Gasteiger partial charge in [-0.1, -0.05) is 23.4 Å². The van der Waals surface area contributed by atoms with Crippen molar-refractivity contribution in [2.75, 3.05) is 6.54 Å². The van der Waals surface area contributed by atoms with Crippen LogP contribution in [0.2, 0.25) is 0 Å². The Bertz CT molecular complexity index is 844. The summed E-state index contributed by atoms with van der Waals surface area (Å²) in [5, 5.41) is 8.20. The van der Waals surface area contributed by atoms with Crippen molar-refractivity contribution in [2.45, 2.75) is 38.3 Å². The summed E-state index contributed by atoms with van der Waals surface area (Å²) in [4.78, 5) is 19.0. The number of hydrogen-bond donors (Lipinski definition) is 0. The second kappa shape index (κ2) is 7.51. The van der Waals surface area contributed by atoms with Crippen molar-refractivity contribution in [2.24, 2.45) is 0 Å². The van der Waals surface area contributed by atoms with E-state index in [9.17, 15) is 4.79 Å². The molecule has 0 aliphatic carbocycles. The van der Waals surface area contributed by atoms with Crippen molar-refractivity contribution >= 4 is 5.91 Å². The van der Waals surface area contributed by atoms with Crippen LogP contribution in [0.4, 0.5) is 0 Å². The lowest BCUT2D eigenvalue weighted by atomic mass is 10.1. The molecule has 1 saturated heterocycles. The molecular weight excluding hydrogens is 330 g/mol. The van der Waals surface area contributed by atoms with E-state index in [1.165, 1.54) is 0 Å². The van der Waals surface area contributed by atoms with Gasteiger partial charge in [0, 0.05) is 37.0 Å². The van der Waals surface area contributed by atoms with Crippen LogP contribution < -0.4 is 0 Å². The lowest BCUT2D eigenvalue weighted by molar-refractivity contribution is -0.132. The fourth-order valence-corrected chi connectivity index (χ4v) is 3.44. The molecule has 3 heterocycles. The fraction of sp³-hybridized carbons (Fsp3) is 0.368. The smallest absolute Gasteiger partial charge is 0.257 e. The molecule has 1 amide bonds. The van der Waals surface area contributed by atoms with Gasteiger partial charge in [-0.05, 0) is 37.5 Å². The zero-order valence-corrected chi connectivity index (χ0v) is 14.5. The molecule has 1 aliphatic rings. The van der Waals surface area contributed by atoms with Crippen molar-refractivity contribution in [3.8, 4) is 11.5 Å². The van der Waals surface area contributed by atoms with Crippen LogP contribution in [0, 0.1) is 0 Å². The van der Waals surface area contributed by atoms with E-state index in [0.717, 1.165) is 31.4 Å². The van der Waals surface area contributed by atoms with Crippen molar-refractivity contribution in [1.29, 1.82) is 0 Å². The van der Waals surface area contributed by atoms with Gasteiger partial charge in [0.25, 0.3) is 5.89 Å². The van der Waals surface area contributed by atoms with Gasteiger partial charge in [0.2, 0.25) is 5.91 Å². The highest BCUT2D eigenvalue weighted by Gasteiger charge is 2.28. The lowest BCUT2D eigenvalue weighted by Gasteiger charge is -2.24. The second-order valence-electron chi connectivity index (χ2n) is 6.51. The molecule has 2 aromatic heterocycles. The Hall–Kier alpha value is -2.96. The van der Waals surface area contributed by atoms with Gasteiger partial charge in [0.1, 0.15) is 6.54 Å². The monoisotopic (exact) mass is 351 g/mol. The van der Waals surface area contributed by atoms with Gasteiger partial charge in [-0.25, -0.2) is 0 Å². The van der Waals surface area contributed by atoms with Crippen molar-refractivity contribution in [3.05, 3.63) is 54.6 Å². The van der Waals surface area contributed by atoms with E-state index >= 15 is 0 Å². The summed E-state index contributed by atoms with van der Waals surface area (Å²) in [7, 11) is 0. The first-order valence-electron chi connectivity index (χ1n) is 8.94. The molecule has 1 aromatic carbocycles. The summed E-state index contributed by atoms with van der Waals surface area (Å²) in [6, 6.07) is 11.8. The minimum Gasteiger partial charge on any atom is -0.338 e. The molecule has 26 heavy (non-hydrogen) atoms. The Kier molecular flexibility index (Phi) is 4.77. The van der Waals surface area contributed by atoms with Crippen LogP contribution >= 0.6 is 0 Å². The van der Waals surface area contributed by atoms with Gasteiger partial charge in [-0.2, -0.15) is 10.1 Å². The number of amides is 1. The molecule has 1 fully saturated rings. The van der Waals surface area contributed by atoms with E-state index in [0.29, 0.717) is 24.7 Å². The van der Waals surface area contributed by atoms with Gasteiger partial charge < -0.3 is 9.42 Å². The average Bonchev–Trinajstić information content (AvgIpc) is 3.42. The predicted molar refractivity (Wildman–Crippen MR) is 95.0 cm³/mol. The molecule has 7 heteroatoms. The third kappa shape index (κ3) is 3.66. The third-order valence-electron chi connectivity index (χ3n) is 4.74. The molecule has 7 nitrogen and oxygen atoms in total. The number of carbonyl (C=O) groups is 1. The van der Waals surface area contributed by atoms with Crippen LogP contribution in [0.15, 0.2) is 53.3 Å². The standard InChI is InChI=1S/C19H21N5O2/c25-18(14-23-12-5-11-20-23)24-13-4-8-16(24)9-10-17-21-19(26-22-17)15-6-2-1-3-7-15/h1-3,5-7,11-12,16H,4,8-10,13-14H2. The largest absolute Gasteiger partial charge is 0.338 e. The first kappa shape index (κ1) is 16.5. The van der Waals surface area contributed by atoms with Crippen molar-refractivity contribution < 1.29 is 9.32 Å². The van der Waals surface area contributed by atoms with Crippen LogP contribution in [0.1, 0.15) is 25.1 Å². The van der Waals surface area contributed by atoms with E-state index in [4.69, 9.17) is 4.52 Å². The maximum Gasteiger partial charge on any atom is 0.257 e. The van der Waals surface area contributed by atoms with Crippen molar-refractivity contribution in [3.63, 3.8) is 0 Å². The second-order valence-corrected chi connectivity index (χ2v) is 6.51. The summed E-state index contributed by atoms with van der Waals surface area (Å²) in [5.74, 6) is 1.35. The summed E-state index contributed by atoms with van der Waals surface area (Å²) in [6.45, 7) is 1.11. The number of aromatic nitrogens is 4. The Morgan fingerprint density at radius 3 is 2.92 bits per heavy atom. The number of hydrogen-bond acceptors (Lipinski definition) is 5. The number of rotatable bonds is 6. The first-order valence-corrected chi connectivity index (χ1v) is 8.94. The van der Waals surface area contributed by atoms with Gasteiger partial charge in [0.15, 0.2) is 5.82 Å². The van der Waals surface area contributed by atoms with E-state index in [1.807, 2.05) is 47.5 Å². The van der Waals surface area contributed by atoms with Gasteiger partial charge in [-0.3, -0.25) is 9.48 Å². The van der Waals surface area contributed by atoms with Crippen molar-refractivity contribution in [1.82, 2.24) is 24.8 Å². The minimum atomic E-state index is 0.120. The summed E-state index contributed by atoms with van der Waals surface area (Å²) in [6.07, 6.45) is 7.11. The number of benzene rings is 1. The molecule has 0 saturated carbocycles. The molecule has 0 spiro atoms. The molecular formula is C19H21N5O2. The van der Waals surface area contributed by atoms with Crippen LogP contribution in [0.3, 0.4) is 0 Å². The van der Waals surface area contributed by atoms with E-state index < -0.39 is 0 Å². The summed E-state index contributed by atoms with van der Waals surface area (Å²) in [5.41, 5.74) is 0.920. The summed E-state index contributed by atoms with van der Waals surface area (Å²) >= 11 is 0. The highest BCUT2D eigenvalue weighted by Crippen LogP contribution is 2.23. The molecule has 134 valence electrons. The zero-order valence-electron chi connectivity index (χ0n) is 14.5. The topological polar surface area (TPSA) is 77.0 Å². The highest BCUT2D eigenvalue weighted by molar-refractivity contribution is 5.76. The molecule has 0 radical (unpaired) electrons. The molecule has 0 bridgehead atoms. The van der Waals surface area contributed by atoms with E-state index in [2.05, 4.69) is 15.2 Å². The van der Waals surface area contributed by atoms with Gasteiger partial charge in [-0.15, -0.1) is 0 Å². The number of nitrogens with zero attached hydrogens (tertiary/aromatic N) is 5. The number of likely N-dealkylation sites (tertiary alicyclic amines) is 1. The Morgan fingerprint density at radius 1 is 1.23 bits per heavy atom. The third-order valence-corrected chi connectivity index (χ3v) is 4.74. The quantitative estimate of drug-likeness (QED) is 0.682. The molecule has 3 aromatic rings. The molecule has 4 rings (SSSR count). The van der Waals surface area contributed by atoms with Crippen LogP contribution in [-0.2, 0) is 17.8 Å². The van der Waals surface area contributed by atoms with Crippen LogP contribution in [0.25, 0.3) is 11.5 Å². The normalized spacial score (nSPS) is 16.9. The van der Waals surface area contributed by atoms with Gasteiger partial charge in [0.05, 0.1) is 0 Å². The minimum absolute atomic E-state index is 0.120. The lowest BCUT2D eigenvalue weighted by Crippen LogP contribution is -2.38. The maximum absolute atomic E-state index is 12.5. The number of aryl methyl sites for hydroxylation is 1. The SMILES string of the molecule is O=C(Cn1cccn1)N1CCCC1CCc1noc(-c2ccccc2)n1. The number of carbonyl (C=O) groups excluding carboxylic acids is 1.